The summed E-state index contributed by atoms with van der Waals surface area (Å²) < 4.78 is 1.89. The molecule has 1 amide bonds. The van der Waals surface area contributed by atoms with Gasteiger partial charge in [-0.2, -0.15) is 0 Å². The summed E-state index contributed by atoms with van der Waals surface area (Å²) in [7, 11) is 0. The highest BCUT2D eigenvalue weighted by Gasteiger charge is 2.35. The molecular formula is C18H18N2O2S. The zero-order chi connectivity index (χ0) is 15.8. The van der Waals surface area contributed by atoms with Crippen molar-refractivity contribution in [3.05, 3.63) is 62.7 Å². The Kier molecular flexibility index (Phi) is 3.65. The smallest absolute Gasteiger partial charge is 0.250 e. The van der Waals surface area contributed by atoms with Gasteiger partial charge in [-0.05, 0) is 35.9 Å². The highest BCUT2D eigenvalue weighted by atomic mass is 32.1. The molecule has 2 atom stereocenters. The number of rotatable bonds is 2. The number of fused-ring (bicyclic) bond motifs is 4. The highest BCUT2D eigenvalue weighted by molar-refractivity contribution is 7.10. The normalized spacial score (nSPS) is 23.0. The third kappa shape index (κ3) is 2.77. The minimum atomic E-state index is 0.0693. The summed E-state index contributed by atoms with van der Waals surface area (Å²) in [4.78, 5) is 27.5. The van der Waals surface area contributed by atoms with E-state index in [-0.39, 0.29) is 17.4 Å². The molecule has 1 saturated heterocycles. The Balaban J connectivity index is 1.54. The van der Waals surface area contributed by atoms with Crippen LogP contribution in [0.4, 0.5) is 0 Å². The predicted octanol–water partition coefficient (Wildman–Crippen LogP) is 2.57. The van der Waals surface area contributed by atoms with E-state index in [9.17, 15) is 9.59 Å². The molecule has 118 valence electrons. The maximum absolute atomic E-state index is 12.5. The van der Waals surface area contributed by atoms with E-state index >= 15 is 0 Å². The third-order valence-electron chi connectivity index (χ3n) is 4.72. The minimum absolute atomic E-state index is 0.0693. The SMILES string of the molecule is O=C(/C=C/c1cccs1)N1C[C@H]2C[C@@H](C1)c1cccc(=O)n1C2. The molecule has 1 fully saturated rings. The Hall–Kier alpha value is -2.14. The topological polar surface area (TPSA) is 42.3 Å². The second-order valence-electron chi connectivity index (χ2n) is 6.29. The number of hydrogen-bond donors (Lipinski definition) is 0. The number of carbonyl (C=O) groups excluding carboxylic acids is 1. The summed E-state index contributed by atoms with van der Waals surface area (Å²) in [6.07, 6.45) is 4.63. The number of nitrogens with zero attached hydrogens (tertiary/aromatic N) is 2. The lowest BCUT2D eigenvalue weighted by atomic mass is 9.83. The molecule has 0 spiro atoms. The van der Waals surface area contributed by atoms with Gasteiger partial charge in [0.15, 0.2) is 0 Å². The van der Waals surface area contributed by atoms with Crippen molar-refractivity contribution in [1.82, 2.24) is 9.47 Å². The largest absolute Gasteiger partial charge is 0.338 e. The van der Waals surface area contributed by atoms with Gasteiger partial charge in [0.05, 0.1) is 0 Å². The fourth-order valence-electron chi connectivity index (χ4n) is 3.72. The van der Waals surface area contributed by atoms with Crippen molar-refractivity contribution in [2.75, 3.05) is 13.1 Å². The summed E-state index contributed by atoms with van der Waals surface area (Å²) in [5, 5.41) is 2.00. The van der Waals surface area contributed by atoms with Crippen molar-refractivity contribution < 1.29 is 4.79 Å². The first-order valence-electron chi connectivity index (χ1n) is 7.91. The van der Waals surface area contributed by atoms with Crippen LogP contribution in [0.3, 0.4) is 0 Å². The van der Waals surface area contributed by atoms with E-state index in [1.807, 2.05) is 45.2 Å². The van der Waals surface area contributed by atoms with Crippen molar-refractivity contribution in [2.45, 2.75) is 18.9 Å². The van der Waals surface area contributed by atoms with E-state index < -0.39 is 0 Å². The number of amides is 1. The molecule has 2 aromatic heterocycles. The molecular weight excluding hydrogens is 308 g/mol. The zero-order valence-corrected chi connectivity index (χ0v) is 13.5. The van der Waals surface area contributed by atoms with Crippen LogP contribution in [-0.2, 0) is 11.3 Å². The number of pyridine rings is 1. The molecule has 4 heterocycles. The molecule has 0 saturated carbocycles. The van der Waals surface area contributed by atoms with Crippen LogP contribution in [0.25, 0.3) is 6.08 Å². The maximum Gasteiger partial charge on any atom is 0.250 e. The summed E-state index contributed by atoms with van der Waals surface area (Å²) in [6, 6.07) is 9.46. The van der Waals surface area contributed by atoms with Crippen molar-refractivity contribution in [3.63, 3.8) is 0 Å². The first-order valence-corrected chi connectivity index (χ1v) is 8.79. The van der Waals surface area contributed by atoms with Crippen LogP contribution >= 0.6 is 11.3 Å². The summed E-state index contributed by atoms with van der Waals surface area (Å²) in [6.45, 7) is 2.17. The van der Waals surface area contributed by atoms with Crippen molar-refractivity contribution >= 4 is 23.3 Å². The first kappa shape index (κ1) is 14.5. The number of likely N-dealkylation sites (tertiary alicyclic amines) is 1. The summed E-state index contributed by atoms with van der Waals surface area (Å²) in [5.41, 5.74) is 1.16. The van der Waals surface area contributed by atoms with Gasteiger partial charge >= 0.3 is 0 Å². The lowest BCUT2D eigenvalue weighted by Crippen LogP contribution is -2.48. The Labute approximate surface area is 138 Å². The monoisotopic (exact) mass is 326 g/mol. The van der Waals surface area contributed by atoms with Crippen LogP contribution in [-0.4, -0.2) is 28.5 Å². The van der Waals surface area contributed by atoms with Crippen LogP contribution < -0.4 is 5.56 Å². The van der Waals surface area contributed by atoms with Gasteiger partial charge in [-0.15, -0.1) is 11.3 Å². The van der Waals surface area contributed by atoms with Crippen molar-refractivity contribution in [1.29, 1.82) is 0 Å². The highest BCUT2D eigenvalue weighted by Crippen LogP contribution is 2.35. The molecule has 4 nitrogen and oxygen atoms in total. The molecule has 23 heavy (non-hydrogen) atoms. The number of hydrogen-bond acceptors (Lipinski definition) is 3. The molecule has 4 rings (SSSR count). The number of thiophene rings is 1. The fourth-order valence-corrected chi connectivity index (χ4v) is 4.34. The van der Waals surface area contributed by atoms with Crippen LogP contribution in [0.15, 0.2) is 46.6 Å². The second kappa shape index (κ2) is 5.81. The molecule has 2 aromatic rings. The van der Waals surface area contributed by atoms with E-state index in [4.69, 9.17) is 0 Å². The molecule has 0 unspecified atom stereocenters. The quantitative estimate of drug-likeness (QED) is 0.796. The summed E-state index contributed by atoms with van der Waals surface area (Å²) >= 11 is 1.63. The van der Waals surface area contributed by atoms with Crippen molar-refractivity contribution in [3.8, 4) is 0 Å². The van der Waals surface area contributed by atoms with Crippen LogP contribution in [0, 0.1) is 5.92 Å². The molecule has 0 radical (unpaired) electrons. The predicted molar refractivity (Wildman–Crippen MR) is 91.5 cm³/mol. The van der Waals surface area contributed by atoms with Gasteiger partial charge in [-0.3, -0.25) is 9.59 Å². The van der Waals surface area contributed by atoms with Gasteiger partial charge < -0.3 is 9.47 Å². The number of aromatic nitrogens is 1. The van der Waals surface area contributed by atoms with Crippen LogP contribution in [0.2, 0.25) is 0 Å². The van der Waals surface area contributed by atoms with E-state index in [1.54, 1.807) is 23.5 Å². The Morgan fingerprint density at radius 1 is 1.17 bits per heavy atom. The fraction of sp³-hybridized carbons (Fsp3) is 0.333. The maximum atomic E-state index is 12.5. The molecule has 2 aliphatic rings. The van der Waals surface area contributed by atoms with Gasteiger partial charge in [-0.1, -0.05) is 12.1 Å². The molecule has 0 aromatic carbocycles. The number of piperidine rings is 1. The third-order valence-corrected chi connectivity index (χ3v) is 5.56. The van der Waals surface area contributed by atoms with Gasteiger partial charge in [0.2, 0.25) is 5.91 Å². The lowest BCUT2D eigenvalue weighted by Gasteiger charge is -2.42. The Morgan fingerprint density at radius 2 is 2.09 bits per heavy atom. The summed E-state index contributed by atoms with van der Waals surface area (Å²) in [5.74, 6) is 0.718. The Morgan fingerprint density at radius 3 is 2.91 bits per heavy atom. The van der Waals surface area contributed by atoms with E-state index in [0.717, 1.165) is 30.1 Å². The Bertz CT molecular complexity index is 807. The first-order chi connectivity index (χ1) is 11.2. The minimum Gasteiger partial charge on any atom is -0.338 e. The van der Waals surface area contributed by atoms with Gasteiger partial charge in [-0.25, -0.2) is 0 Å². The lowest BCUT2D eigenvalue weighted by molar-refractivity contribution is -0.128. The van der Waals surface area contributed by atoms with Crippen LogP contribution in [0.1, 0.15) is 22.9 Å². The van der Waals surface area contributed by atoms with Gasteiger partial charge in [0.1, 0.15) is 0 Å². The van der Waals surface area contributed by atoms with Gasteiger partial charge in [0, 0.05) is 48.3 Å². The van der Waals surface area contributed by atoms with Crippen molar-refractivity contribution in [2.24, 2.45) is 5.92 Å². The standard InChI is InChI=1S/C18H18N2O2S/c21-17(7-6-15-3-2-8-23-15)19-10-13-9-14(12-19)16-4-1-5-18(22)20(16)11-13/h1-8,13-14H,9-12H2/b7-6+/t13-,14+/m1/s1. The zero-order valence-electron chi connectivity index (χ0n) is 12.7. The average Bonchev–Trinajstić information content (AvgIpc) is 3.07. The van der Waals surface area contributed by atoms with E-state index in [2.05, 4.69) is 0 Å². The molecule has 2 aliphatic heterocycles. The molecule has 0 aliphatic carbocycles. The molecule has 2 bridgehead atoms. The van der Waals surface area contributed by atoms with E-state index in [0.29, 0.717) is 12.5 Å². The second-order valence-corrected chi connectivity index (χ2v) is 7.27. The van der Waals surface area contributed by atoms with E-state index in [1.165, 1.54) is 0 Å². The number of carbonyl (C=O) groups is 1. The molecule has 0 N–H and O–H groups in total. The van der Waals surface area contributed by atoms with Crippen LogP contribution in [0.5, 0.6) is 0 Å². The van der Waals surface area contributed by atoms with Gasteiger partial charge in [0.25, 0.3) is 5.56 Å². The average molecular weight is 326 g/mol. The molecule has 5 heteroatoms.